The van der Waals surface area contributed by atoms with Crippen molar-refractivity contribution in [2.75, 3.05) is 53.4 Å². The molecule has 176 valence electrons. The van der Waals surface area contributed by atoms with Gasteiger partial charge in [-0.3, -0.25) is 9.69 Å². The summed E-state index contributed by atoms with van der Waals surface area (Å²) in [6, 6.07) is 8.57. The van der Waals surface area contributed by atoms with Crippen molar-refractivity contribution in [3.05, 3.63) is 29.8 Å². The second-order valence-corrected chi connectivity index (χ2v) is 8.28. The number of piperidine rings is 1. The first-order valence-corrected chi connectivity index (χ1v) is 11.1. The van der Waals surface area contributed by atoms with E-state index in [1.165, 1.54) is 5.56 Å². The van der Waals surface area contributed by atoms with Crippen LogP contribution in [0.25, 0.3) is 0 Å². The highest BCUT2D eigenvalue weighted by atomic mass is 127. The fraction of sp³-hybridized carbons (Fsp3) is 0.652. The standard InChI is InChI=1S/C23H39N5O2.HI/c1-6-24-23(25-13-16-30-21-10-8-7-9-20(21)18(2)3)26-19-11-14-28(15-12-19)17-22(29)27(4)5;/h7-10,18-19H,6,11-17H2,1-5H3,(H2,24,25,26);1H. The molecule has 1 amide bonds. The van der Waals surface area contributed by atoms with Crippen LogP contribution in [0.4, 0.5) is 0 Å². The summed E-state index contributed by atoms with van der Waals surface area (Å²) in [5, 5.41) is 6.87. The molecule has 31 heavy (non-hydrogen) atoms. The van der Waals surface area contributed by atoms with Crippen LogP contribution >= 0.6 is 24.0 Å². The first kappa shape index (κ1) is 27.5. The van der Waals surface area contributed by atoms with Crippen LogP contribution in [0.5, 0.6) is 5.75 Å². The number of nitrogens with zero attached hydrogens (tertiary/aromatic N) is 3. The zero-order valence-electron chi connectivity index (χ0n) is 19.7. The maximum absolute atomic E-state index is 11.9. The van der Waals surface area contributed by atoms with E-state index in [2.05, 4.69) is 53.4 Å². The van der Waals surface area contributed by atoms with Crippen LogP contribution in [0.2, 0.25) is 0 Å². The fourth-order valence-corrected chi connectivity index (χ4v) is 3.48. The Morgan fingerprint density at radius 3 is 2.55 bits per heavy atom. The van der Waals surface area contributed by atoms with Crippen LogP contribution < -0.4 is 15.4 Å². The predicted octanol–water partition coefficient (Wildman–Crippen LogP) is 2.91. The lowest BCUT2D eigenvalue weighted by Gasteiger charge is -2.33. The van der Waals surface area contributed by atoms with Gasteiger partial charge in [-0.15, -0.1) is 24.0 Å². The molecule has 0 atom stereocenters. The predicted molar refractivity (Wildman–Crippen MR) is 139 cm³/mol. The Bertz CT molecular complexity index is 688. The van der Waals surface area contributed by atoms with Gasteiger partial charge in [-0.25, -0.2) is 4.99 Å². The Morgan fingerprint density at radius 2 is 1.94 bits per heavy atom. The second kappa shape index (κ2) is 14.5. The summed E-state index contributed by atoms with van der Waals surface area (Å²) >= 11 is 0. The number of nitrogens with one attached hydrogen (secondary N) is 2. The van der Waals surface area contributed by atoms with Crippen molar-refractivity contribution in [2.24, 2.45) is 4.99 Å². The first-order valence-electron chi connectivity index (χ1n) is 11.1. The molecule has 0 aromatic heterocycles. The molecule has 2 N–H and O–H groups in total. The Morgan fingerprint density at radius 1 is 1.26 bits per heavy atom. The number of hydrogen-bond acceptors (Lipinski definition) is 4. The SMILES string of the molecule is CCNC(=NCCOc1ccccc1C(C)C)NC1CCN(CC(=O)N(C)C)CC1.I. The average Bonchev–Trinajstić information content (AvgIpc) is 2.72. The normalized spacial score (nSPS) is 15.4. The van der Waals surface area contributed by atoms with Gasteiger partial charge in [-0.05, 0) is 37.3 Å². The van der Waals surface area contributed by atoms with Crippen LogP contribution in [0.1, 0.15) is 45.1 Å². The van der Waals surface area contributed by atoms with E-state index in [0.29, 0.717) is 31.7 Å². The molecular formula is C23H40IN5O2. The molecule has 2 rings (SSSR count). The molecule has 7 nitrogen and oxygen atoms in total. The summed E-state index contributed by atoms with van der Waals surface area (Å²) in [7, 11) is 3.61. The second-order valence-electron chi connectivity index (χ2n) is 8.28. The summed E-state index contributed by atoms with van der Waals surface area (Å²) in [4.78, 5) is 20.5. The highest BCUT2D eigenvalue weighted by Gasteiger charge is 2.22. The number of benzene rings is 1. The minimum absolute atomic E-state index is 0. The number of rotatable bonds is 9. The Hall–Kier alpha value is -1.55. The summed E-state index contributed by atoms with van der Waals surface area (Å²) in [5.74, 6) is 2.37. The zero-order chi connectivity index (χ0) is 21.9. The van der Waals surface area contributed by atoms with Gasteiger partial charge in [0.05, 0.1) is 13.1 Å². The first-order chi connectivity index (χ1) is 14.4. The lowest BCUT2D eigenvalue weighted by atomic mass is 10.0. The van der Waals surface area contributed by atoms with Crippen LogP contribution in [-0.2, 0) is 4.79 Å². The number of likely N-dealkylation sites (tertiary alicyclic amines) is 1. The number of para-hydroxylation sites is 1. The lowest BCUT2D eigenvalue weighted by Crippen LogP contribution is -2.50. The molecule has 1 aromatic carbocycles. The van der Waals surface area contributed by atoms with Crippen molar-refractivity contribution < 1.29 is 9.53 Å². The average molecular weight is 546 g/mol. The van der Waals surface area contributed by atoms with Gasteiger partial charge in [0.2, 0.25) is 5.91 Å². The molecule has 0 spiro atoms. The molecule has 0 aliphatic carbocycles. The molecular weight excluding hydrogens is 505 g/mol. The van der Waals surface area contributed by atoms with Crippen molar-refractivity contribution in [1.82, 2.24) is 20.4 Å². The maximum atomic E-state index is 11.9. The van der Waals surface area contributed by atoms with E-state index in [-0.39, 0.29) is 29.9 Å². The van der Waals surface area contributed by atoms with Crippen LogP contribution in [-0.4, -0.2) is 81.1 Å². The third-order valence-corrected chi connectivity index (χ3v) is 5.29. The zero-order valence-corrected chi connectivity index (χ0v) is 22.0. The minimum Gasteiger partial charge on any atom is -0.491 e. The largest absolute Gasteiger partial charge is 0.491 e. The third-order valence-electron chi connectivity index (χ3n) is 5.29. The van der Waals surface area contributed by atoms with Gasteiger partial charge in [-0.1, -0.05) is 32.0 Å². The highest BCUT2D eigenvalue weighted by molar-refractivity contribution is 14.0. The van der Waals surface area contributed by atoms with E-state index in [9.17, 15) is 4.79 Å². The maximum Gasteiger partial charge on any atom is 0.236 e. The number of carbonyl (C=O) groups excluding carboxylic acids is 1. The number of amides is 1. The van der Waals surface area contributed by atoms with Crippen molar-refractivity contribution in [3.8, 4) is 5.75 Å². The Balaban J connectivity index is 0.00000480. The van der Waals surface area contributed by atoms with Gasteiger partial charge < -0.3 is 20.3 Å². The number of aliphatic imine (C=N–C) groups is 1. The topological polar surface area (TPSA) is 69.2 Å². The Kier molecular flexibility index (Phi) is 12.9. The molecule has 1 saturated heterocycles. The van der Waals surface area contributed by atoms with E-state index < -0.39 is 0 Å². The number of ether oxygens (including phenoxy) is 1. The quantitative estimate of drug-likeness (QED) is 0.216. The van der Waals surface area contributed by atoms with Crippen molar-refractivity contribution >= 4 is 35.8 Å². The van der Waals surface area contributed by atoms with Crippen LogP contribution in [0, 0.1) is 0 Å². The van der Waals surface area contributed by atoms with E-state index in [0.717, 1.165) is 44.2 Å². The number of likely N-dealkylation sites (N-methyl/N-ethyl adjacent to an activating group) is 1. The molecule has 8 heteroatoms. The van der Waals surface area contributed by atoms with Gasteiger partial charge in [0, 0.05) is 39.8 Å². The van der Waals surface area contributed by atoms with Crippen molar-refractivity contribution in [3.63, 3.8) is 0 Å². The lowest BCUT2D eigenvalue weighted by molar-refractivity contribution is -0.130. The third kappa shape index (κ3) is 9.64. The van der Waals surface area contributed by atoms with Crippen LogP contribution in [0.15, 0.2) is 29.3 Å². The molecule has 1 aromatic rings. The van der Waals surface area contributed by atoms with E-state index >= 15 is 0 Å². The molecule has 1 heterocycles. The number of carbonyl (C=O) groups is 1. The molecule has 1 aliphatic rings. The van der Waals surface area contributed by atoms with Gasteiger partial charge in [0.15, 0.2) is 5.96 Å². The summed E-state index contributed by atoms with van der Waals surface area (Å²) in [6.45, 7) is 10.7. The molecule has 0 saturated carbocycles. The van der Waals surface area contributed by atoms with E-state index in [1.807, 2.05) is 12.1 Å². The van der Waals surface area contributed by atoms with Gasteiger partial charge >= 0.3 is 0 Å². The van der Waals surface area contributed by atoms with Crippen LogP contribution in [0.3, 0.4) is 0 Å². The monoisotopic (exact) mass is 545 g/mol. The van der Waals surface area contributed by atoms with Gasteiger partial charge in [0.25, 0.3) is 0 Å². The van der Waals surface area contributed by atoms with Gasteiger partial charge in [0.1, 0.15) is 12.4 Å². The highest BCUT2D eigenvalue weighted by Crippen LogP contribution is 2.25. The minimum atomic E-state index is 0. The summed E-state index contributed by atoms with van der Waals surface area (Å²) < 4.78 is 5.98. The van der Waals surface area contributed by atoms with Gasteiger partial charge in [-0.2, -0.15) is 0 Å². The van der Waals surface area contributed by atoms with E-state index in [4.69, 9.17) is 4.74 Å². The van der Waals surface area contributed by atoms with E-state index in [1.54, 1.807) is 19.0 Å². The number of hydrogen-bond donors (Lipinski definition) is 2. The fourth-order valence-electron chi connectivity index (χ4n) is 3.48. The Labute approximate surface area is 205 Å². The number of halogens is 1. The van der Waals surface area contributed by atoms with Crippen molar-refractivity contribution in [2.45, 2.75) is 45.6 Å². The molecule has 1 fully saturated rings. The molecule has 0 unspecified atom stereocenters. The molecule has 0 bridgehead atoms. The molecule has 0 radical (unpaired) electrons. The smallest absolute Gasteiger partial charge is 0.236 e. The summed E-state index contributed by atoms with van der Waals surface area (Å²) in [6.07, 6.45) is 2.01. The summed E-state index contributed by atoms with van der Waals surface area (Å²) in [5.41, 5.74) is 1.23. The number of guanidine groups is 1. The van der Waals surface area contributed by atoms with Crippen molar-refractivity contribution in [1.29, 1.82) is 0 Å². The molecule has 1 aliphatic heterocycles.